The largest absolute Gasteiger partial charge is 0.493 e. The Kier molecular flexibility index (Phi) is 9.09. The minimum absolute atomic E-state index is 0.00460. The number of carboxylic acid groups (broad SMARTS) is 2. The number of amides is 1. The second kappa shape index (κ2) is 12.4. The summed E-state index contributed by atoms with van der Waals surface area (Å²) in [6.45, 7) is 2.83. The van der Waals surface area contributed by atoms with Crippen LogP contribution in [0.5, 0.6) is 11.5 Å². The van der Waals surface area contributed by atoms with Gasteiger partial charge < -0.3 is 34.4 Å². The zero-order valence-electron chi connectivity index (χ0n) is 23.5. The summed E-state index contributed by atoms with van der Waals surface area (Å²) in [5.74, 6) is -2.32. The first-order valence-electron chi connectivity index (χ1n) is 13.0. The lowest BCUT2D eigenvalue weighted by atomic mass is 9.92. The Morgan fingerprint density at radius 1 is 1.12 bits per heavy atom. The fraction of sp³-hybridized carbons (Fsp3) is 0.379. The molecule has 4 rings (SSSR count). The maximum atomic E-state index is 14.3. The number of benzene rings is 2. The standard InChI is InChI=1S/C29H32ClN3O9/c1-29(2,15-34)14-32-20-9-8-16(30)10-18(20)25(17-6-5-7-22(40-3)26(17)41-4)42-23(27(32)37)11-21-19(28(38)39)12-31-33(21)13-24(35)36/h5-10,12,23,25,34H,11,13-15H2,1-4H3,(H,35,36)(H,38,39). The summed E-state index contributed by atoms with van der Waals surface area (Å²) < 4.78 is 18.8. The number of aromatic carboxylic acids is 1. The maximum Gasteiger partial charge on any atom is 0.339 e. The van der Waals surface area contributed by atoms with E-state index >= 15 is 0 Å². The van der Waals surface area contributed by atoms with Crippen LogP contribution < -0.4 is 14.4 Å². The van der Waals surface area contributed by atoms with Crippen molar-refractivity contribution in [2.75, 3.05) is 32.3 Å². The van der Waals surface area contributed by atoms with Gasteiger partial charge in [-0.25, -0.2) is 4.79 Å². The molecule has 0 spiro atoms. The number of anilines is 1. The second-order valence-corrected chi connectivity index (χ2v) is 11.0. The summed E-state index contributed by atoms with van der Waals surface area (Å²) in [6.07, 6.45) is -1.53. The molecule has 0 fully saturated rings. The molecule has 2 aromatic carbocycles. The Balaban J connectivity index is 1.95. The number of ether oxygens (including phenoxy) is 3. The summed E-state index contributed by atoms with van der Waals surface area (Å²) >= 11 is 6.45. The number of aliphatic hydroxyl groups is 1. The number of aromatic nitrogens is 2. The molecule has 1 aromatic heterocycles. The molecule has 3 N–H and O–H groups in total. The van der Waals surface area contributed by atoms with E-state index in [-0.39, 0.29) is 30.8 Å². The van der Waals surface area contributed by atoms with Crippen molar-refractivity contribution in [1.29, 1.82) is 0 Å². The number of para-hydroxylation sites is 1. The Bertz CT molecular complexity index is 1500. The lowest BCUT2D eigenvalue weighted by molar-refractivity contribution is -0.138. The molecule has 2 unspecified atom stereocenters. The van der Waals surface area contributed by atoms with E-state index in [1.54, 1.807) is 50.2 Å². The van der Waals surface area contributed by atoms with E-state index in [2.05, 4.69) is 5.10 Å². The Morgan fingerprint density at radius 2 is 1.86 bits per heavy atom. The minimum Gasteiger partial charge on any atom is -0.493 e. The van der Waals surface area contributed by atoms with E-state index in [1.807, 2.05) is 0 Å². The predicted molar refractivity (Wildman–Crippen MR) is 151 cm³/mol. The van der Waals surface area contributed by atoms with Crippen molar-refractivity contribution in [3.8, 4) is 11.5 Å². The number of aliphatic carboxylic acids is 1. The fourth-order valence-corrected chi connectivity index (χ4v) is 5.13. The van der Waals surface area contributed by atoms with Gasteiger partial charge in [-0.3, -0.25) is 14.3 Å². The van der Waals surface area contributed by atoms with Crippen LogP contribution in [0.25, 0.3) is 0 Å². The van der Waals surface area contributed by atoms with Gasteiger partial charge in [0.25, 0.3) is 5.91 Å². The van der Waals surface area contributed by atoms with Gasteiger partial charge in [0.2, 0.25) is 0 Å². The van der Waals surface area contributed by atoms with Crippen LogP contribution in [0.4, 0.5) is 5.69 Å². The normalized spacial score (nSPS) is 17.0. The molecule has 1 aliphatic rings. The summed E-state index contributed by atoms with van der Waals surface area (Å²) in [4.78, 5) is 39.4. The number of hydrogen-bond donors (Lipinski definition) is 3. The number of aliphatic hydroxyl groups excluding tert-OH is 1. The molecule has 12 nitrogen and oxygen atoms in total. The molecular weight excluding hydrogens is 570 g/mol. The van der Waals surface area contributed by atoms with Crippen LogP contribution in [0, 0.1) is 5.41 Å². The van der Waals surface area contributed by atoms with E-state index in [0.717, 1.165) is 10.9 Å². The summed E-state index contributed by atoms with van der Waals surface area (Å²) in [5.41, 5.74) is 0.526. The number of nitrogens with zero attached hydrogens (tertiary/aromatic N) is 3. The van der Waals surface area contributed by atoms with Crippen LogP contribution >= 0.6 is 11.6 Å². The van der Waals surface area contributed by atoms with Crippen molar-refractivity contribution in [2.24, 2.45) is 5.41 Å². The fourth-order valence-electron chi connectivity index (χ4n) is 4.95. The van der Waals surface area contributed by atoms with Crippen LogP contribution in [0.15, 0.2) is 42.6 Å². The summed E-state index contributed by atoms with van der Waals surface area (Å²) in [7, 11) is 2.96. The second-order valence-electron chi connectivity index (χ2n) is 10.6. The SMILES string of the molecule is COc1cccc(C2OC(Cc3c(C(=O)O)cnn3CC(=O)O)C(=O)N(CC(C)(C)CO)c3ccc(Cl)cc32)c1OC. The van der Waals surface area contributed by atoms with Gasteiger partial charge in [-0.05, 0) is 24.3 Å². The van der Waals surface area contributed by atoms with Crippen LogP contribution in [-0.4, -0.2) is 76.4 Å². The predicted octanol–water partition coefficient (Wildman–Crippen LogP) is 3.42. The van der Waals surface area contributed by atoms with E-state index in [1.165, 1.54) is 19.1 Å². The maximum absolute atomic E-state index is 14.3. The Labute approximate surface area is 247 Å². The third kappa shape index (κ3) is 6.20. The lowest BCUT2D eigenvalue weighted by Gasteiger charge is -2.32. The highest BCUT2D eigenvalue weighted by Crippen LogP contribution is 2.45. The molecule has 2 heterocycles. The number of carboxylic acids is 2. The molecule has 224 valence electrons. The summed E-state index contributed by atoms with van der Waals surface area (Å²) in [5, 5.41) is 33.6. The average Bonchev–Trinajstić information content (AvgIpc) is 3.30. The first-order chi connectivity index (χ1) is 19.9. The third-order valence-electron chi connectivity index (χ3n) is 6.98. The van der Waals surface area contributed by atoms with Gasteiger partial charge >= 0.3 is 11.9 Å². The number of carbonyl (C=O) groups is 3. The smallest absolute Gasteiger partial charge is 0.339 e. The van der Waals surface area contributed by atoms with Crippen molar-refractivity contribution in [3.05, 3.63) is 70.0 Å². The molecule has 0 radical (unpaired) electrons. The van der Waals surface area contributed by atoms with E-state index in [9.17, 15) is 29.7 Å². The molecular formula is C29H32ClN3O9. The highest BCUT2D eigenvalue weighted by Gasteiger charge is 2.41. The number of methoxy groups -OCH3 is 2. The molecule has 0 saturated heterocycles. The molecule has 2 atom stereocenters. The third-order valence-corrected chi connectivity index (χ3v) is 7.21. The van der Waals surface area contributed by atoms with Crippen molar-refractivity contribution in [2.45, 2.75) is 39.0 Å². The van der Waals surface area contributed by atoms with Crippen molar-refractivity contribution < 1.29 is 43.9 Å². The van der Waals surface area contributed by atoms with Crippen LogP contribution in [-0.2, 0) is 27.3 Å². The zero-order chi connectivity index (χ0) is 30.8. The van der Waals surface area contributed by atoms with Gasteiger partial charge in [0, 0.05) is 46.8 Å². The van der Waals surface area contributed by atoms with Gasteiger partial charge in [0.05, 0.1) is 26.1 Å². The Morgan fingerprint density at radius 3 is 2.48 bits per heavy atom. The monoisotopic (exact) mass is 601 g/mol. The minimum atomic E-state index is -1.33. The zero-order valence-corrected chi connectivity index (χ0v) is 24.3. The molecule has 0 bridgehead atoms. The van der Waals surface area contributed by atoms with Crippen LogP contribution in [0.1, 0.15) is 47.1 Å². The topological polar surface area (TPSA) is 161 Å². The molecule has 13 heteroatoms. The summed E-state index contributed by atoms with van der Waals surface area (Å²) in [6, 6.07) is 10.2. The number of hydrogen-bond acceptors (Lipinski definition) is 8. The van der Waals surface area contributed by atoms with E-state index < -0.39 is 42.0 Å². The number of halogens is 1. The van der Waals surface area contributed by atoms with Gasteiger partial charge in [0.15, 0.2) is 11.5 Å². The van der Waals surface area contributed by atoms with Crippen LogP contribution in [0.2, 0.25) is 5.02 Å². The van der Waals surface area contributed by atoms with Gasteiger partial charge in [-0.2, -0.15) is 5.10 Å². The van der Waals surface area contributed by atoms with E-state index in [4.69, 9.17) is 25.8 Å². The average molecular weight is 602 g/mol. The van der Waals surface area contributed by atoms with Gasteiger partial charge in [-0.15, -0.1) is 0 Å². The highest BCUT2D eigenvalue weighted by molar-refractivity contribution is 6.30. The van der Waals surface area contributed by atoms with Crippen molar-refractivity contribution in [3.63, 3.8) is 0 Å². The van der Waals surface area contributed by atoms with Crippen molar-refractivity contribution >= 4 is 35.1 Å². The molecule has 1 aliphatic heterocycles. The first kappa shape index (κ1) is 30.8. The molecule has 1 amide bonds. The number of rotatable bonds is 11. The lowest BCUT2D eigenvalue weighted by Crippen LogP contribution is -2.46. The number of carbonyl (C=O) groups excluding carboxylic acids is 1. The molecule has 42 heavy (non-hydrogen) atoms. The quantitative estimate of drug-likeness (QED) is 0.297. The highest BCUT2D eigenvalue weighted by atomic mass is 35.5. The number of fused-ring (bicyclic) bond motifs is 1. The van der Waals surface area contributed by atoms with Crippen molar-refractivity contribution in [1.82, 2.24) is 9.78 Å². The van der Waals surface area contributed by atoms with Gasteiger partial charge in [0.1, 0.15) is 24.3 Å². The molecule has 3 aromatic rings. The first-order valence-corrected chi connectivity index (χ1v) is 13.4. The molecule has 0 aliphatic carbocycles. The molecule has 0 saturated carbocycles. The van der Waals surface area contributed by atoms with Gasteiger partial charge in [-0.1, -0.05) is 37.6 Å². The van der Waals surface area contributed by atoms with Crippen LogP contribution in [0.3, 0.4) is 0 Å². The van der Waals surface area contributed by atoms with E-state index in [0.29, 0.717) is 33.3 Å². The Hall–Kier alpha value is -4.13.